The number of aromatic nitrogens is 3. The zero-order valence-corrected chi connectivity index (χ0v) is 15.6. The highest BCUT2D eigenvalue weighted by molar-refractivity contribution is 5.92. The first kappa shape index (κ1) is 18.4. The second kappa shape index (κ2) is 7.85. The number of nitrogens with zero attached hydrogens (tertiary/aromatic N) is 4. The van der Waals surface area contributed by atoms with Gasteiger partial charge in [0, 0.05) is 18.8 Å². The summed E-state index contributed by atoms with van der Waals surface area (Å²) < 4.78 is 16.2. The fourth-order valence-electron chi connectivity index (χ4n) is 3.32. The van der Waals surface area contributed by atoms with Crippen LogP contribution in [0, 0.1) is 25.6 Å². The summed E-state index contributed by atoms with van der Waals surface area (Å²) in [6.45, 7) is 7.71. The maximum Gasteiger partial charge on any atom is 0.229 e. The Morgan fingerprint density at radius 1 is 1.27 bits per heavy atom. The minimum atomic E-state index is -0.306. The molecule has 7 heteroatoms. The molecule has 1 aromatic heterocycles. The molecule has 3 rings (SSSR count). The first-order chi connectivity index (χ1) is 12.4. The Kier molecular flexibility index (Phi) is 5.54. The average Bonchev–Trinajstić information content (AvgIpc) is 2.93. The van der Waals surface area contributed by atoms with Gasteiger partial charge >= 0.3 is 0 Å². The highest BCUT2D eigenvalue weighted by Crippen LogP contribution is 2.26. The molecule has 0 bridgehead atoms. The number of halogens is 1. The molecule has 0 radical (unpaired) electrons. The van der Waals surface area contributed by atoms with Crippen LogP contribution in [-0.4, -0.2) is 33.8 Å². The maximum atomic E-state index is 14.5. The largest absolute Gasteiger partial charge is 0.369 e. The summed E-state index contributed by atoms with van der Waals surface area (Å²) in [5.41, 5.74) is 1.09. The van der Waals surface area contributed by atoms with E-state index in [2.05, 4.69) is 20.3 Å². The minimum absolute atomic E-state index is 0.164. The Morgan fingerprint density at radius 3 is 2.62 bits per heavy atom. The number of rotatable bonds is 5. The lowest BCUT2D eigenvalue weighted by Crippen LogP contribution is -2.30. The highest BCUT2D eigenvalue weighted by atomic mass is 19.1. The molecule has 0 spiro atoms. The second-order valence-electron chi connectivity index (χ2n) is 6.99. The first-order valence-corrected chi connectivity index (χ1v) is 9.17. The van der Waals surface area contributed by atoms with E-state index >= 15 is 0 Å². The number of hydrogen-bond donors (Lipinski definition) is 1. The fraction of sp³-hybridized carbons (Fsp3) is 0.526. The van der Waals surface area contributed by atoms with Gasteiger partial charge in [0.2, 0.25) is 5.91 Å². The molecular formula is C19H26FN5O. The van der Waals surface area contributed by atoms with Crippen molar-refractivity contribution in [2.75, 3.05) is 23.3 Å². The summed E-state index contributed by atoms with van der Waals surface area (Å²) in [5, 5.41) is 7.08. The van der Waals surface area contributed by atoms with Crippen molar-refractivity contribution in [2.24, 2.45) is 5.92 Å². The number of aryl methyl sites for hydroxylation is 2. The van der Waals surface area contributed by atoms with E-state index in [1.165, 1.54) is 12.5 Å². The number of carbonyl (C=O) groups excluding carboxylic acids is 1. The maximum absolute atomic E-state index is 14.5. The molecule has 0 unspecified atom stereocenters. The van der Waals surface area contributed by atoms with Crippen molar-refractivity contribution in [3.63, 3.8) is 0 Å². The van der Waals surface area contributed by atoms with Gasteiger partial charge in [-0.3, -0.25) is 4.79 Å². The van der Waals surface area contributed by atoms with Gasteiger partial charge in [-0.2, -0.15) is 5.10 Å². The molecule has 1 atom stereocenters. The van der Waals surface area contributed by atoms with E-state index in [1.54, 1.807) is 16.8 Å². The van der Waals surface area contributed by atoms with Crippen LogP contribution in [0.1, 0.15) is 37.8 Å². The number of benzene rings is 1. The molecule has 1 N–H and O–H groups in total. The quantitative estimate of drug-likeness (QED) is 0.890. The normalized spacial score (nSPS) is 15.8. The Morgan fingerprint density at radius 2 is 2.00 bits per heavy atom. The fourth-order valence-corrected chi connectivity index (χ4v) is 3.32. The molecule has 0 aliphatic carbocycles. The van der Waals surface area contributed by atoms with Gasteiger partial charge in [-0.05, 0) is 51.3 Å². The van der Waals surface area contributed by atoms with E-state index in [1.807, 2.05) is 20.8 Å². The van der Waals surface area contributed by atoms with Crippen LogP contribution in [0.4, 0.5) is 15.8 Å². The molecule has 1 amide bonds. The van der Waals surface area contributed by atoms with Crippen LogP contribution in [0.3, 0.4) is 0 Å². The molecule has 1 aromatic carbocycles. The third kappa shape index (κ3) is 4.20. The van der Waals surface area contributed by atoms with Crippen molar-refractivity contribution < 1.29 is 9.18 Å². The molecule has 2 heterocycles. The summed E-state index contributed by atoms with van der Waals surface area (Å²) in [4.78, 5) is 18.7. The number of nitrogens with one attached hydrogen (secondary N) is 1. The zero-order chi connectivity index (χ0) is 18.7. The smallest absolute Gasteiger partial charge is 0.229 e. The first-order valence-electron chi connectivity index (χ1n) is 9.17. The highest BCUT2D eigenvalue weighted by Gasteiger charge is 2.18. The molecule has 6 nitrogen and oxygen atoms in total. The predicted octanol–water partition coefficient (Wildman–Crippen LogP) is 3.30. The summed E-state index contributed by atoms with van der Waals surface area (Å²) in [7, 11) is 0. The van der Waals surface area contributed by atoms with Crippen LogP contribution in [0.15, 0.2) is 18.2 Å². The topological polar surface area (TPSA) is 63.1 Å². The van der Waals surface area contributed by atoms with Gasteiger partial charge in [0.15, 0.2) is 0 Å². The zero-order valence-electron chi connectivity index (χ0n) is 15.6. The molecule has 1 saturated heterocycles. The van der Waals surface area contributed by atoms with E-state index in [0.29, 0.717) is 23.7 Å². The van der Waals surface area contributed by atoms with Gasteiger partial charge in [-0.1, -0.05) is 6.92 Å². The number of amides is 1. The third-order valence-corrected chi connectivity index (χ3v) is 4.77. The Bertz CT molecular complexity index is 782. The molecule has 0 saturated carbocycles. The van der Waals surface area contributed by atoms with Crippen LogP contribution in [0.5, 0.6) is 0 Å². The Hall–Kier alpha value is -2.44. The third-order valence-electron chi connectivity index (χ3n) is 4.77. The van der Waals surface area contributed by atoms with E-state index in [9.17, 15) is 9.18 Å². The van der Waals surface area contributed by atoms with Crippen LogP contribution in [0.25, 0.3) is 0 Å². The van der Waals surface area contributed by atoms with Crippen LogP contribution in [-0.2, 0) is 11.3 Å². The minimum Gasteiger partial charge on any atom is -0.369 e. The predicted molar refractivity (Wildman–Crippen MR) is 99.8 cm³/mol. The monoisotopic (exact) mass is 359 g/mol. The summed E-state index contributed by atoms with van der Waals surface area (Å²) in [6.07, 6.45) is 3.39. The van der Waals surface area contributed by atoms with Crippen molar-refractivity contribution >= 4 is 17.3 Å². The van der Waals surface area contributed by atoms with E-state index in [4.69, 9.17) is 0 Å². The summed E-state index contributed by atoms with van der Waals surface area (Å²) in [6, 6.07) is 4.92. The average molecular weight is 359 g/mol. The Labute approximate surface area is 153 Å². The van der Waals surface area contributed by atoms with Crippen molar-refractivity contribution in [3.05, 3.63) is 35.7 Å². The van der Waals surface area contributed by atoms with Crippen molar-refractivity contribution in [2.45, 2.75) is 46.6 Å². The van der Waals surface area contributed by atoms with E-state index in [0.717, 1.165) is 31.8 Å². The standard InChI is InChI=1S/C19H26FN5O/c1-13(12-25-15(3)21-14(2)23-25)19(26)22-16-7-8-18(17(20)11-16)24-9-5-4-6-10-24/h7-8,11,13H,4-6,9-10,12H2,1-3H3,(H,22,26)/t13-/m1/s1. The molecule has 2 aromatic rings. The number of hydrogen-bond acceptors (Lipinski definition) is 4. The van der Waals surface area contributed by atoms with Gasteiger partial charge in [-0.25, -0.2) is 14.1 Å². The van der Waals surface area contributed by atoms with Crippen molar-refractivity contribution in [1.29, 1.82) is 0 Å². The second-order valence-corrected chi connectivity index (χ2v) is 6.99. The van der Waals surface area contributed by atoms with Gasteiger partial charge < -0.3 is 10.2 Å². The molecule has 1 aliphatic rings. The lowest BCUT2D eigenvalue weighted by Gasteiger charge is -2.29. The van der Waals surface area contributed by atoms with Crippen LogP contribution in [0.2, 0.25) is 0 Å². The van der Waals surface area contributed by atoms with Crippen LogP contribution >= 0.6 is 0 Å². The lowest BCUT2D eigenvalue weighted by molar-refractivity contribution is -0.119. The van der Waals surface area contributed by atoms with Gasteiger partial charge in [0.25, 0.3) is 0 Å². The van der Waals surface area contributed by atoms with Crippen molar-refractivity contribution in [1.82, 2.24) is 14.8 Å². The summed E-state index contributed by atoms with van der Waals surface area (Å²) >= 11 is 0. The number of piperidine rings is 1. The molecule has 26 heavy (non-hydrogen) atoms. The van der Waals surface area contributed by atoms with Gasteiger partial charge in [0.1, 0.15) is 17.5 Å². The van der Waals surface area contributed by atoms with Crippen LogP contribution < -0.4 is 10.2 Å². The number of anilines is 2. The molecule has 1 fully saturated rings. The molecule has 140 valence electrons. The van der Waals surface area contributed by atoms with Crippen molar-refractivity contribution in [3.8, 4) is 0 Å². The Balaban J connectivity index is 1.63. The molecular weight excluding hydrogens is 333 g/mol. The lowest BCUT2D eigenvalue weighted by atomic mass is 10.1. The SMILES string of the molecule is Cc1nc(C)n(C[C@@H](C)C(=O)Nc2ccc(N3CCCCC3)c(F)c2)n1. The molecule has 1 aliphatic heterocycles. The van der Waals surface area contributed by atoms with E-state index in [-0.39, 0.29) is 17.6 Å². The van der Waals surface area contributed by atoms with Gasteiger partial charge in [-0.15, -0.1) is 0 Å². The van der Waals surface area contributed by atoms with E-state index < -0.39 is 0 Å². The summed E-state index contributed by atoms with van der Waals surface area (Å²) in [5.74, 6) is 0.701. The van der Waals surface area contributed by atoms with Gasteiger partial charge in [0.05, 0.1) is 18.2 Å². The number of carbonyl (C=O) groups is 1.